The van der Waals surface area contributed by atoms with Crippen LogP contribution in [0.4, 0.5) is 9.59 Å². The minimum atomic E-state index is -0.718. The molecule has 14 heteroatoms. The van der Waals surface area contributed by atoms with Gasteiger partial charge < -0.3 is 39.9 Å². The Morgan fingerprint density at radius 2 is 1.19 bits per heavy atom. The molecule has 0 radical (unpaired) electrons. The lowest BCUT2D eigenvalue weighted by Crippen LogP contribution is -2.51. The van der Waals surface area contributed by atoms with Crippen LogP contribution in [0.1, 0.15) is 77.1 Å². The van der Waals surface area contributed by atoms with Crippen molar-refractivity contribution >= 4 is 45.5 Å². The average Bonchev–Trinajstić information content (AvgIpc) is 4.13. The molecule has 0 saturated carbocycles. The molecule has 8 rings (SSSR count). The summed E-state index contributed by atoms with van der Waals surface area (Å²) in [6, 6.07) is 23.9. The lowest BCUT2D eigenvalue weighted by Gasteiger charge is -2.30. The molecule has 2 aromatic heterocycles. The topological polar surface area (TPSA) is 175 Å². The number of likely N-dealkylation sites (tertiary alicyclic amines) is 2. The number of rotatable bonds is 11. The summed E-state index contributed by atoms with van der Waals surface area (Å²) >= 11 is 0. The van der Waals surface area contributed by atoms with E-state index >= 15 is 0 Å². The van der Waals surface area contributed by atoms with Crippen molar-refractivity contribution < 1.29 is 28.7 Å². The van der Waals surface area contributed by atoms with Crippen molar-refractivity contribution in [3.05, 3.63) is 96.8 Å². The first kappa shape index (κ1) is 42.0. The predicted molar refractivity (Wildman–Crippen MR) is 238 cm³/mol. The number of amides is 4. The molecular weight excluding hydrogens is 785 g/mol. The van der Waals surface area contributed by atoms with Gasteiger partial charge in [-0.25, -0.2) is 19.6 Å². The summed E-state index contributed by atoms with van der Waals surface area (Å²) in [6.07, 6.45) is 5.80. The number of aromatic amines is 2. The number of carbonyl (C=O) groups excluding carboxylic acids is 4. The van der Waals surface area contributed by atoms with Crippen LogP contribution in [0, 0.1) is 11.8 Å². The van der Waals surface area contributed by atoms with Crippen LogP contribution in [0.3, 0.4) is 0 Å². The van der Waals surface area contributed by atoms with Crippen LogP contribution < -0.4 is 10.6 Å². The molecule has 1 unspecified atom stereocenters. The number of fused-ring (bicyclic) bond motifs is 2. The molecule has 4 aromatic carbocycles. The lowest BCUT2D eigenvalue weighted by atomic mass is 9.96. The number of hydrogen-bond donors (Lipinski definition) is 4. The van der Waals surface area contributed by atoms with E-state index < -0.39 is 24.3 Å². The number of methoxy groups -OCH3 is 2. The van der Waals surface area contributed by atoms with Crippen molar-refractivity contribution in [1.29, 1.82) is 0 Å². The van der Waals surface area contributed by atoms with Gasteiger partial charge >= 0.3 is 12.2 Å². The van der Waals surface area contributed by atoms with E-state index in [1.54, 1.807) is 6.92 Å². The molecule has 2 saturated heterocycles. The molecule has 5 atom stereocenters. The summed E-state index contributed by atoms with van der Waals surface area (Å²) in [6.45, 7) is 8.81. The van der Waals surface area contributed by atoms with Crippen LogP contribution in [-0.4, -0.2) is 93.1 Å². The van der Waals surface area contributed by atoms with Gasteiger partial charge in [-0.05, 0) is 95.0 Å². The molecule has 2 aliphatic heterocycles. The van der Waals surface area contributed by atoms with Gasteiger partial charge in [0.15, 0.2) is 0 Å². The first-order chi connectivity index (χ1) is 30.0. The number of benzene rings is 4. The highest BCUT2D eigenvalue weighted by Crippen LogP contribution is 2.40. The summed E-state index contributed by atoms with van der Waals surface area (Å²) in [7, 11) is 2.58. The number of aromatic nitrogens is 4. The maximum absolute atomic E-state index is 13.6. The van der Waals surface area contributed by atoms with Crippen molar-refractivity contribution in [2.24, 2.45) is 11.8 Å². The minimum Gasteiger partial charge on any atom is -0.453 e. The van der Waals surface area contributed by atoms with Crippen LogP contribution in [0.5, 0.6) is 0 Å². The van der Waals surface area contributed by atoms with E-state index in [0.717, 1.165) is 92.5 Å². The zero-order chi connectivity index (χ0) is 43.7. The fraction of sp³-hybridized carbons (Fsp3) is 0.375. The molecule has 2 aliphatic rings. The predicted octanol–water partition coefficient (Wildman–Crippen LogP) is 8.53. The van der Waals surface area contributed by atoms with Gasteiger partial charge in [0.2, 0.25) is 11.8 Å². The number of ether oxygens (including phenoxy) is 2. The molecule has 0 spiro atoms. The fourth-order valence-corrected chi connectivity index (χ4v) is 9.11. The molecule has 0 bridgehead atoms. The van der Waals surface area contributed by atoms with Crippen LogP contribution >= 0.6 is 0 Å². The largest absolute Gasteiger partial charge is 0.453 e. The Morgan fingerprint density at radius 1 is 0.677 bits per heavy atom. The van der Waals surface area contributed by atoms with E-state index in [9.17, 15) is 19.2 Å². The molecule has 322 valence electrons. The Morgan fingerprint density at radius 3 is 1.74 bits per heavy atom. The Labute approximate surface area is 360 Å². The van der Waals surface area contributed by atoms with Gasteiger partial charge in [0, 0.05) is 24.2 Å². The van der Waals surface area contributed by atoms with Gasteiger partial charge in [-0.3, -0.25) is 9.59 Å². The molecular formula is C48H54N8O6. The Bertz CT molecular complexity index is 2630. The van der Waals surface area contributed by atoms with E-state index in [0.29, 0.717) is 13.1 Å². The summed E-state index contributed by atoms with van der Waals surface area (Å²) in [4.78, 5) is 71.0. The van der Waals surface area contributed by atoms with Crippen molar-refractivity contribution in [3.8, 4) is 33.6 Å². The first-order valence-electron chi connectivity index (χ1n) is 21.4. The summed E-state index contributed by atoms with van der Waals surface area (Å²) < 4.78 is 9.48. The van der Waals surface area contributed by atoms with E-state index in [2.05, 4.69) is 100 Å². The number of hydrogen-bond acceptors (Lipinski definition) is 8. The molecule has 62 heavy (non-hydrogen) atoms. The van der Waals surface area contributed by atoms with E-state index in [-0.39, 0.29) is 35.7 Å². The molecule has 0 aliphatic carbocycles. The van der Waals surface area contributed by atoms with Crippen LogP contribution in [0.25, 0.3) is 55.2 Å². The number of nitrogens with one attached hydrogen (secondary N) is 4. The highest BCUT2D eigenvalue weighted by molar-refractivity contribution is 5.94. The van der Waals surface area contributed by atoms with Crippen molar-refractivity contribution in [2.75, 3.05) is 27.3 Å². The normalized spacial score (nSPS) is 18.6. The van der Waals surface area contributed by atoms with Gasteiger partial charge in [0.05, 0.1) is 50.1 Å². The van der Waals surface area contributed by atoms with Gasteiger partial charge in [0.25, 0.3) is 0 Å². The molecule has 4 N–H and O–H groups in total. The standard InChI is InChI=1S/C48H54N8O6/c1-7-29-18-20-56(45(57)28(4)51-47(59)61-5)42(29)44-50-26-39(53-44)37-17-15-33-22-31(11-13-35(33)24-37)30-10-12-34-23-36(16-14-32(34)21-30)38-25-49-43(52-38)40-9-8-19-55(40)46(58)41(27(2)3)54-48(60)62-6/h10-17,21-29,40-42H,7-9,18-20H2,1-6H3,(H,49,52)(H,50,53)(H,51,59)(H,54,60)/t28-,29+,40-,41?,42-/m0/s1. The molecule has 6 aromatic rings. The average molecular weight is 839 g/mol. The molecule has 14 nitrogen and oxygen atoms in total. The van der Waals surface area contributed by atoms with E-state index in [4.69, 9.17) is 19.4 Å². The van der Waals surface area contributed by atoms with Crippen LogP contribution in [0.15, 0.2) is 85.2 Å². The maximum Gasteiger partial charge on any atom is 0.407 e. The Hall–Kier alpha value is -6.70. The summed E-state index contributed by atoms with van der Waals surface area (Å²) in [5.74, 6) is 1.32. The van der Waals surface area contributed by atoms with Crippen molar-refractivity contribution in [2.45, 2.75) is 77.5 Å². The zero-order valence-corrected chi connectivity index (χ0v) is 36.0. The Kier molecular flexibility index (Phi) is 12.0. The molecule has 4 amide bonds. The lowest BCUT2D eigenvalue weighted by molar-refractivity contribution is -0.135. The number of H-pyrrole nitrogens is 2. The van der Waals surface area contributed by atoms with Gasteiger partial charge in [-0.1, -0.05) is 75.7 Å². The number of imidazole rings is 2. The van der Waals surface area contributed by atoms with Gasteiger partial charge in [0.1, 0.15) is 23.7 Å². The van der Waals surface area contributed by atoms with Crippen molar-refractivity contribution in [1.82, 2.24) is 40.4 Å². The van der Waals surface area contributed by atoms with Gasteiger partial charge in [-0.15, -0.1) is 0 Å². The maximum atomic E-state index is 13.6. The van der Waals surface area contributed by atoms with Gasteiger partial charge in [-0.2, -0.15) is 0 Å². The highest BCUT2D eigenvalue weighted by atomic mass is 16.5. The van der Waals surface area contributed by atoms with E-state index in [1.165, 1.54) is 14.2 Å². The third-order valence-electron chi connectivity index (χ3n) is 12.6. The second kappa shape index (κ2) is 17.7. The number of alkyl carbamates (subject to hydrolysis) is 2. The highest BCUT2D eigenvalue weighted by Gasteiger charge is 2.41. The second-order valence-electron chi connectivity index (χ2n) is 16.8. The van der Waals surface area contributed by atoms with Crippen LogP contribution in [-0.2, 0) is 19.1 Å². The second-order valence-corrected chi connectivity index (χ2v) is 16.8. The fourth-order valence-electron chi connectivity index (χ4n) is 9.11. The monoisotopic (exact) mass is 838 g/mol. The van der Waals surface area contributed by atoms with Crippen LogP contribution in [0.2, 0.25) is 0 Å². The van der Waals surface area contributed by atoms with E-state index in [1.807, 2.05) is 36.0 Å². The minimum absolute atomic E-state index is 0.105. The number of carbonyl (C=O) groups is 4. The summed E-state index contributed by atoms with van der Waals surface area (Å²) in [5, 5.41) is 9.74. The molecule has 2 fully saturated rings. The first-order valence-corrected chi connectivity index (χ1v) is 21.4. The molecule has 4 heterocycles. The SMILES string of the molecule is CC[C@@H]1CCN(C(=O)[C@H](C)NC(=O)OC)[C@@H]1c1ncc(-c2ccc3cc(-c4ccc5cc(-c6cnc([C@@H]7CCCN7C(=O)C(NC(=O)OC)C(C)C)[nH]6)ccc5c4)ccc3c2)[nH]1. The smallest absolute Gasteiger partial charge is 0.407 e. The quantitative estimate of drug-likeness (QED) is 0.100. The van der Waals surface area contributed by atoms with Crippen molar-refractivity contribution in [3.63, 3.8) is 0 Å². The zero-order valence-electron chi connectivity index (χ0n) is 36.0. The summed E-state index contributed by atoms with van der Waals surface area (Å²) in [5.41, 5.74) is 5.98. The third-order valence-corrected chi connectivity index (χ3v) is 12.6. The number of nitrogens with zero attached hydrogens (tertiary/aromatic N) is 4. The Balaban J connectivity index is 0.967. The third kappa shape index (κ3) is 8.33.